The van der Waals surface area contributed by atoms with E-state index in [-0.39, 0.29) is 0 Å². The third kappa shape index (κ3) is 4.77. The van der Waals surface area contributed by atoms with E-state index in [2.05, 4.69) is 23.9 Å². The van der Waals surface area contributed by atoms with E-state index >= 15 is 0 Å². The van der Waals surface area contributed by atoms with Crippen molar-refractivity contribution < 1.29 is 8.42 Å². The highest BCUT2D eigenvalue weighted by Crippen LogP contribution is 2.36. The van der Waals surface area contributed by atoms with Crippen LogP contribution in [0.2, 0.25) is 0 Å². The van der Waals surface area contributed by atoms with Gasteiger partial charge in [-0.25, -0.2) is 13.1 Å². The van der Waals surface area contributed by atoms with Gasteiger partial charge in [-0.15, -0.1) is 11.3 Å². The Hall–Kier alpha value is -0.430. The van der Waals surface area contributed by atoms with Crippen LogP contribution in [0.3, 0.4) is 0 Å². The zero-order valence-electron chi connectivity index (χ0n) is 13.1. The summed E-state index contributed by atoms with van der Waals surface area (Å²) in [5.74, 6) is 1.15. The minimum atomic E-state index is -3.35. The summed E-state index contributed by atoms with van der Waals surface area (Å²) < 4.78 is 27.9. The van der Waals surface area contributed by atoms with Crippen molar-refractivity contribution in [2.75, 3.05) is 13.1 Å². The van der Waals surface area contributed by atoms with Crippen LogP contribution in [0.5, 0.6) is 0 Å². The van der Waals surface area contributed by atoms with E-state index in [0.29, 0.717) is 22.6 Å². The van der Waals surface area contributed by atoms with Gasteiger partial charge in [-0.1, -0.05) is 13.8 Å². The molecule has 1 aromatic heterocycles. The molecule has 1 aliphatic carbocycles. The Kier molecular flexibility index (Phi) is 5.82. The maximum atomic E-state index is 12.4. The van der Waals surface area contributed by atoms with Crippen LogP contribution in [0.1, 0.15) is 43.6 Å². The van der Waals surface area contributed by atoms with Gasteiger partial charge >= 0.3 is 0 Å². The third-order valence-corrected chi connectivity index (χ3v) is 7.13. The number of thiophene rings is 1. The fourth-order valence-corrected chi connectivity index (χ4v) is 5.07. The molecule has 1 heterocycles. The summed E-state index contributed by atoms with van der Waals surface area (Å²) in [6.07, 6.45) is 3.57. The molecule has 21 heavy (non-hydrogen) atoms. The van der Waals surface area contributed by atoms with E-state index in [1.807, 2.05) is 6.92 Å². The molecule has 0 aromatic carbocycles. The molecule has 4 nitrogen and oxygen atoms in total. The molecule has 0 radical (unpaired) electrons. The summed E-state index contributed by atoms with van der Waals surface area (Å²) in [4.78, 5) is 1.11. The molecule has 120 valence electrons. The molecule has 1 unspecified atom stereocenters. The lowest BCUT2D eigenvalue weighted by atomic mass is 10.1. The fraction of sp³-hybridized carbons (Fsp3) is 0.733. The molecule has 1 fully saturated rings. The van der Waals surface area contributed by atoms with Crippen LogP contribution in [0.25, 0.3) is 0 Å². The van der Waals surface area contributed by atoms with Crippen LogP contribution in [0, 0.1) is 18.8 Å². The van der Waals surface area contributed by atoms with Crippen molar-refractivity contribution in [1.82, 2.24) is 10.0 Å². The standard InChI is InChI=1S/C15H26N2O2S2/c1-4-7-16-10-14-11(2)8-15(20-14)21(18,19)17-9-12(3)13-5-6-13/h8,12-13,16-17H,4-7,9-10H2,1-3H3. The van der Waals surface area contributed by atoms with Crippen molar-refractivity contribution in [2.24, 2.45) is 11.8 Å². The van der Waals surface area contributed by atoms with Gasteiger partial charge in [0.15, 0.2) is 0 Å². The lowest BCUT2D eigenvalue weighted by molar-refractivity contribution is 0.492. The first kappa shape index (κ1) is 16.9. The average molecular weight is 331 g/mol. The number of hydrogen-bond donors (Lipinski definition) is 2. The minimum Gasteiger partial charge on any atom is -0.312 e. The summed E-state index contributed by atoms with van der Waals surface area (Å²) in [5, 5.41) is 3.33. The fourth-order valence-electron chi connectivity index (χ4n) is 2.32. The van der Waals surface area contributed by atoms with E-state index in [4.69, 9.17) is 0 Å². The third-order valence-electron chi connectivity index (χ3n) is 4.00. The van der Waals surface area contributed by atoms with Gasteiger partial charge in [-0.05, 0) is 56.2 Å². The van der Waals surface area contributed by atoms with Crippen molar-refractivity contribution in [3.05, 3.63) is 16.5 Å². The van der Waals surface area contributed by atoms with Crippen LogP contribution in [0.4, 0.5) is 0 Å². The topological polar surface area (TPSA) is 58.2 Å². The van der Waals surface area contributed by atoms with Crippen LogP contribution < -0.4 is 10.0 Å². The van der Waals surface area contributed by atoms with Gasteiger partial charge in [0.05, 0.1) is 0 Å². The Balaban J connectivity index is 1.96. The normalized spacial score (nSPS) is 17.1. The number of aryl methyl sites for hydroxylation is 1. The van der Waals surface area contributed by atoms with Crippen LogP contribution in [-0.4, -0.2) is 21.5 Å². The molecule has 6 heteroatoms. The second-order valence-electron chi connectivity index (χ2n) is 6.02. The number of rotatable bonds is 9. The maximum Gasteiger partial charge on any atom is 0.250 e. The number of hydrogen-bond acceptors (Lipinski definition) is 4. The lowest BCUT2D eigenvalue weighted by Crippen LogP contribution is -2.28. The van der Waals surface area contributed by atoms with Gasteiger partial charge in [0, 0.05) is 18.0 Å². The van der Waals surface area contributed by atoms with E-state index in [9.17, 15) is 8.42 Å². The summed E-state index contributed by atoms with van der Waals surface area (Å²) >= 11 is 1.38. The van der Waals surface area contributed by atoms with Crippen molar-refractivity contribution in [3.63, 3.8) is 0 Å². The quantitative estimate of drug-likeness (QED) is 0.685. The Bertz CT molecular complexity index is 562. The highest BCUT2D eigenvalue weighted by Gasteiger charge is 2.29. The van der Waals surface area contributed by atoms with Crippen molar-refractivity contribution >= 4 is 21.4 Å². The zero-order chi connectivity index (χ0) is 15.5. The lowest BCUT2D eigenvalue weighted by Gasteiger charge is -2.10. The van der Waals surface area contributed by atoms with E-state index in [0.717, 1.165) is 30.0 Å². The monoisotopic (exact) mass is 330 g/mol. The minimum absolute atomic E-state index is 0.437. The molecule has 0 spiro atoms. The first-order valence-corrected chi connectivity index (χ1v) is 10.0. The largest absolute Gasteiger partial charge is 0.312 e. The molecule has 1 atom stereocenters. The van der Waals surface area contributed by atoms with Gasteiger partial charge in [-0.3, -0.25) is 0 Å². The van der Waals surface area contributed by atoms with Crippen LogP contribution >= 0.6 is 11.3 Å². The Morgan fingerprint density at radius 3 is 2.76 bits per heavy atom. The second-order valence-corrected chi connectivity index (χ2v) is 9.15. The SMILES string of the molecule is CCCNCc1sc(S(=O)(=O)NCC(C)C2CC2)cc1C. The number of sulfonamides is 1. The van der Waals surface area contributed by atoms with Gasteiger partial charge in [0.2, 0.25) is 10.0 Å². The molecule has 1 saturated carbocycles. The molecule has 0 aliphatic heterocycles. The predicted molar refractivity (Wildman–Crippen MR) is 88.1 cm³/mol. The second kappa shape index (κ2) is 7.22. The van der Waals surface area contributed by atoms with Crippen molar-refractivity contribution in [1.29, 1.82) is 0 Å². The molecule has 0 bridgehead atoms. The summed E-state index contributed by atoms with van der Waals surface area (Å²) in [6, 6.07) is 1.79. The molecular formula is C15H26N2O2S2. The Morgan fingerprint density at radius 2 is 2.14 bits per heavy atom. The van der Waals surface area contributed by atoms with Gasteiger partial charge in [0.25, 0.3) is 0 Å². The average Bonchev–Trinajstić information content (AvgIpc) is 3.21. The molecule has 0 amide bonds. The highest BCUT2D eigenvalue weighted by molar-refractivity contribution is 7.91. The summed E-state index contributed by atoms with van der Waals surface area (Å²) in [7, 11) is -3.35. The summed E-state index contributed by atoms with van der Waals surface area (Å²) in [6.45, 7) is 8.47. The first-order valence-electron chi connectivity index (χ1n) is 7.73. The first-order chi connectivity index (χ1) is 9.94. The Morgan fingerprint density at radius 1 is 1.43 bits per heavy atom. The van der Waals surface area contributed by atoms with Crippen LogP contribution in [0.15, 0.2) is 10.3 Å². The van der Waals surface area contributed by atoms with E-state index < -0.39 is 10.0 Å². The van der Waals surface area contributed by atoms with Gasteiger partial charge < -0.3 is 5.32 Å². The van der Waals surface area contributed by atoms with Gasteiger partial charge in [0.1, 0.15) is 4.21 Å². The molecule has 1 aromatic rings. The van der Waals surface area contributed by atoms with E-state index in [1.165, 1.54) is 24.2 Å². The molecule has 1 aliphatic rings. The number of nitrogens with one attached hydrogen (secondary N) is 2. The van der Waals surface area contributed by atoms with E-state index in [1.54, 1.807) is 6.07 Å². The highest BCUT2D eigenvalue weighted by atomic mass is 32.2. The molecule has 0 saturated heterocycles. The van der Waals surface area contributed by atoms with Crippen LogP contribution in [-0.2, 0) is 16.6 Å². The maximum absolute atomic E-state index is 12.4. The molecular weight excluding hydrogens is 304 g/mol. The van der Waals surface area contributed by atoms with Gasteiger partial charge in [-0.2, -0.15) is 0 Å². The Labute approximate surface area is 132 Å². The summed E-state index contributed by atoms with van der Waals surface area (Å²) in [5.41, 5.74) is 1.05. The molecule has 2 rings (SSSR count). The van der Waals surface area contributed by atoms with Crippen molar-refractivity contribution in [3.8, 4) is 0 Å². The predicted octanol–water partition coefficient (Wildman–Crippen LogP) is 2.88. The van der Waals surface area contributed by atoms with Crippen molar-refractivity contribution in [2.45, 2.75) is 50.8 Å². The smallest absolute Gasteiger partial charge is 0.250 e. The zero-order valence-corrected chi connectivity index (χ0v) is 14.7. The molecule has 2 N–H and O–H groups in total.